The van der Waals surface area contributed by atoms with Gasteiger partial charge in [-0.2, -0.15) is 0 Å². The van der Waals surface area contributed by atoms with Crippen molar-refractivity contribution in [3.63, 3.8) is 0 Å². The minimum Gasteiger partial charge on any atom is -0.281 e. The largest absolute Gasteiger partial charge is 0.476 e. The molecule has 0 fully saturated rings. The van der Waals surface area contributed by atoms with E-state index in [0.717, 1.165) is 6.26 Å². The molecule has 0 aromatic carbocycles. The van der Waals surface area contributed by atoms with E-state index in [4.69, 9.17) is 13.6 Å². The van der Waals surface area contributed by atoms with Gasteiger partial charge < -0.3 is 0 Å². The highest BCUT2D eigenvalue weighted by Gasteiger charge is 2.37. The van der Waals surface area contributed by atoms with Gasteiger partial charge >= 0.3 is 7.82 Å². The lowest BCUT2D eigenvalue weighted by Gasteiger charge is -2.30. The first-order chi connectivity index (χ1) is 7.62. The molecule has 0 heterocycles. The Hall–Kier alpha value is 0.0600. The number of rotatable bonds is 5. The predicted octanol–water partition coefficient (Wildman–Crippen LogP) is 2.74. The summed E-state index contributed by atoms with van der Waals surface area (Å²) in [6.07, 6.45) is 0.978. The number of hydrogen-bond acceptors (Lipinski definition) is 6. The maximum absolute atomic E-state index is 12.4. The molecule has 0 bridgehead atoms. The van der Waals surface area contributed by atoms with E-state index in [1.807, 2.05) is 0 Å². The van der Waals surface area contributed by atoms with E-state index in [2.05, 4.69) is 0 Å². The van der Waals surface area contributed by atoms with Gasteiger partial charge in [0.25, 0.3) is 0 Å². The number of phosphoric ester groups is 1. The molecule has 110 valence electrons. The van der Waals surface area contributed by atoms with Crippen LogP contribution in [0.2, 0.25) is 0 Å². The van der Waals surface area contributed by atoms with Gasteiger partial charge in [0.1, 0.15) is 0 Å². The van der Waals surface area contributed by atoms with Gasteiger partial charge in [-0.05, 0) is 41.5 Å². The van der Waals surface area contributed by atoms with Gasteiger partial charge in [0.15, 0.2) is 15.8 Å². The van der Waals surface area contributed by atoms with E-state index in [0.29, 0.717) is 0 Å². The van der Waals surface area contributed by atoms with Crippen LogP contribution in [-0.2, 0) is 28.0 Å². The van der Waals surface area contributed by atoms with Crippen molar-refractivity contribution in [2.24, 2.45) is 0 Å². The van der Waals surface area contributed by atoms with Crippen molar-refractivity contribution in [3.05, 3.63) is 0 Å². The quantitative estimate of drug-likeness (QED) is 0.727. The molecule has 0 atom stereocenters. The maximum atomic E-state index is 12.4. The molecule has 6 nitrogen and oxygen atoms in total. The molecule has 0 unspecified atom stereocenters. The van der Waals surface area contributed by atoms with Gasteiger partial charge in [-0.3, -0.25) is 13.6 Å². The van der Waals surface area contributed by atoms with Gasteiger partial charge in [-0.25, -0.2) is 13.0 Å². The molecule has 0 aliphatic heterocycles. The molecule has 0 saturated heterocycles. The molecule has 0 rings (SSSR count). The summed E-state index contributed by atoms with van der Waals surface area (Å²) < 4.78 is 49.8. The van der Waals surface area contributed by atoms with Crippen molar-refractivity contribution in [3.8, 4) is 0 Å². The lowest BCUT2D eigenvalue weighted by atomic mass is 10.2. The number of hydrogen-bond donors (Lipinski definition) is 0. The summed E-state index contributed by atoms with van der Waals surface area (Å²) in [4.78, 5) is 0. The Morgan fingerprint density at radius 2 is 1.28 bits per heavy atom. The fourth-order valence-corrected chi connectivity index (χ4v) is 3.67. The third-order valence-corrected chi connectivity index (χ3v) is 3.90. The summed E-state index contributed by atoms with van der Waals surface area (Å²) in [5.74, 6) is -0.712. The summed E-state index contributed by atoms with van der Waals surface area (Å²) in [5, 5.41) is 0. The maximum Gasteiger partial charge on any atom is 0.476 e. The molecule has 0 aromatic rings. The van der Waals surface area contributed by atoms with Gasteiger partial charge in [-0.1, -0.05) is 0 Å². The van der Waals surface area contributed by atoms with E-state index in [9.17, 15) is 13.0 Å². The molecule has 0 aliphatic carbocycles. The number of phosphoric acid groups is 1. The smallest absolute Gasteiger partial charge is 0.281 e. The third-order valence-electron chi connectivity index (χ3n) is 1.20. The molecule has 0 aliphatic rings. The molecule has 18 heavy (non-hydrogen) atoms. The monoisotopic (exact) mass is 302 g/mol. The van der Waals surface area contributed by atoms with Crippen LogP contribution in [0, 0.1) is 0 Å². The summed E-state index contributed by atoms with van der Waals surface area (Å²) >= 11 is 0. The van der Waals surface area contributed by atoms with Crippen LogP contribution in [0.1, 0.15) is 41.5 Å². The second-order valence-electron chi connectivity index (χ2n) is 6.03. The summed E-state index contributed by atoms with van der Waals surface area (Å²) in [5.41, 5.74) is -1.56. The first-order valence-electron chi connectivity index (χ1n) is 5.46. The molecule has 0 spiro atoms. The van der Waals surface area contributed by atoms with E-state index in [-0.39, 0.29) is 0 Å². The highest BCUT2D eigenvalue weighted by molar-refractivity contribution is 7.90. The van der Waals surface area contributed by atoms with Crippen LogP contribution < -0.4 is 0 Å². The summed E-state index contributed by atoms with van der Waals surface area (Å²) in [6.45, 7) is 10.1. The van der Waals surface area contributed by atoms with Crippen LogP contribution in [0.25, 0.3) is 0 Å². The van der Waals surface area contributed by atoms with Crippen LogP contribution in [0.3, 0.4) is 0 Å². The Labute approximate surface area is 110 Å². The Morgan fingerprint density at radius 1 is 0.944 bits per heavy atom. The molecule has 0 radical (unpaired) electrons. The van der Waals surface area contributed by atoms with E-state index < -0.39 is 34.8 Å². The van der Waals surface area contributed by atoms with Gasteiger partial charge in [0.05, 0.1) is 11.2 Å². The van der Waals surface area contributed by atoms with Gasteiger partial charge in [0.2, 0.25) is 0 Å². The molecule has 0 saturated carbocycles. The minimum absolute atomic E-state index is 0.712. The van der Waals surface area contributed by atoms with Crippen LogP contribution >= 0.6 is 7.82 Å². The fourth-order valence-electron chi connectivity index (χ4n) is 0.902. The SMILES string of the molecule is CC(C)(C)OP(=O)(OCS(C)(=O)=O)OC(C)(C)C. The highest BCUT2D eigenvalue weighted by Crippen LogP contribution is 2.55. The lowest BCUT2D eigenvalue weighted by molar-refractivity contribution is 0.00843. The first-order valence-corrected chi connectivity index (χ1v) is 8.98. The molecule has 0 N–H and O–H groups in total. The molecular weight excluding hydrogens is 279 g/mol. The topological polar surface area (TPSA) is 78.9 Å². The van der Waals surface area contributed by atoms with E-state index in [1.165, 1.54) is 0 Å². The van der Waals surface area contributed by atoms with Crippen molar-refractivity contribution < 1.29 is 26.6 Å². The molecule has 0 aromatic heterocycles. The van der Waals surface area contributed by atoms with E-state index >= 15 is 0 Å². The molecular formula is C10H23O6PS. The van der Waals surface area contributed by atoms with Gasteiger partial charge in [-0.15, -0.1) is 0 Å². The average molecular weight is 302 g/mol. The average Bonchev–Trinajstić information content (AvgIpc) is 1.91. The minimum atomic E-state index is -3.94. The predicted molar refractivity (Wildman–Crippen MR) is 70.1 cm³/mol. The first kappa shape index (κ1) is 18.1. The van der Waals surface area contributed by atoms with Crippen molar-refractivity contribution >= 4 is 17.7 Å². The Morgan fingerprint density at radius 3 is 1.50 bits per heavy atom. The number of sulfone groups is 1. The molecule has 0 amide bonds. The van der Waals surface area contributed by atoms with Gasteiger partial charge in [0, 0.05) is 6.26 Å². The summed E-state index contributed by atoms with van der Waals surface area (Å²) in [6, 6.07) is 0. The highest BCUT2D eigenvalue weighted by atomic mass is 32.2. The van der Waals surface area contributed by atoms with Crippen LogP contribution in [0.5, 0.6) is 0 Å². The zero-order chi connectivity index (χ0) is 14.8. The second-order valence-corrected chi connectivity index (χ2v) is 9.63. The second kappa shape index (κ2) is 5.59. The normalized spacial score (nSPS) is 14.8. The molecule has 8 heteroatoms. The van der Waals surface area contributed by atoms with Crippen molar-refractivity contribution in [1.82, 2.24) is 0 Å². The zero-order valence-electron chi connectivity index (χ0n) is 12.0. The Balaban J connectivity index is 4.99. The standard InChI is InChI=1S/C10H23O6PS/c1-9(2,3)15-17(11,16-10(4,5)6)14-8-18(7,12)13/h8H2,1-7H3. The van der Waals surface area contributed by atoms with Crippen molar-refractivity contribution in [1.29, 1.82) is 0 Å². The van der Waals surface area contributed by atoms with E-state index in [1.54, 1.807) is 41.5 Å². The van der Waals surface area contributed by atoms with Crippen LogP contribution in [0.4, 0.5) is 0 Å². The van der Waals surface area contributed by atoms with Crippen LogP contribution in [-0.4, -0.2) is 31.8 Å². The fraction of sp³-hybridized carbons (Fsp3) is 1.00. The zero-order valence-corrected chi connectivity index (χ0v) is 13.7. The van der Waals surface area contributed by atoms with Crippen molar-refractivity contribution in [2.45, 2.75) is 52.7 Å². The van der Waals surface area contributed by atoms with Crippen molar-refractivity contribution in [2.75, 3.05) is 12.2 Å². The lowest BCUT2D eigenvalue weighted by Crippen LogP contribution is -2.25. The third kappa shape index (κ3) is 10.0. The summed E-state index contributed by atoms with van der Waals surface area (Å²) in [7, 11) is -7.36. The Bertz CT molecular complexity index is 395. The van der Waals surface area contributed by atoms with Crippen LogP contribution in [0.15, 0.2) is 0 Å². The Kier molecular flexibility index (Phi) is 5.61.